The molecule has 2 N–H and O–H groups in total. The van der Waals surface area contributed by atoms with E-state index < -0.39 is 18.9 Å². The molecule has 1 aliphatic rings. The van der Waals surface area contributed by atoms with Gasteiger partial charge in [0, 0.05) is 5.92 Å². The maximum Gasteiger partial charge on any atom is 0.160 e. The maximum absolute atomic E-state index is 14.0. The SMILES string of the molecule is OCC(F)(CO)C1Cc2ccccc2C1. The summed E-state index contributed by atoms with van der Waals surface area (Å²) in [5, 5.41) is 18.0. The largest absolute Gasteiger partial charge is 0.393 e. The summed E-state index contributed by atoms with van der Waals surface area (Å²) >= 11 is 0. The van der Waals surface area contributed by atoms with E-state index in [0.717, 1.165) is 11.1 Å². The summed E-state index contributed by atoms with van der Waals surface area (Å²) in [5.74, 6) is -0.301. The van der Waals surface area contributed by atoms with E-state index in [4.69, 9.17) is 10.2 Å². The van der Waals surface area contributed by atoms with E-state index in [1.807, 2.05) is 24.3 Å². The van der Waals surface area contributed by atoms with Crippen molar-refractivity contribution in [2.24, 2.45) is 5.92 Å². The Morgan fingerprint density at radius 1 is 1.13 bits per heavy atom. The van der Waals surface area contributed by atoms with Crippen LogP contribution in [0, 0.1) is 5.92 Å². The summed E-state index contributed by atoms with van der Waals surface area (Å²) < 4.78 is 14.0. The molecule has 3 heteroatoms. The highest BCUT2D eigenvalue weighted by Gasteiger charge is 2.41. The van der Waals surface area contributed by atoms with E-state index in [1.54, 1.807) is 0 Å². The van der Waals surface area contributed by atoms with E-state index in [1.165, 1.54) is 0 Å². The number of rotatable bonds is 3. The molecule has 0 atom stereocenters. The van der Waals surface area contributed by atoms with E-state index in [2.05, 4.69) is 0 Å². The predicted molar refractivity (Wildman–Crippen MR) is 55.4 cm³/mol. The number of hydrogen-bond acceptors (Lipinski definition) is 2. The molecule has 0 bridgehead atoms. The maximum atomic E-state index is 14.0. The summed E-state index contributed by atoms with van der Waals surface area (Å²) in [6, 6.07) is 7.81. The second kappa shape index (κ2) is 3.91. The predicted octanol–water partition coefficient (Wildman–Crippen LogP) is 1.09. The van der Waals surface area contributed by atoms with Gasteiger partial charge in [0.25, 0.3) is 0 Å². The molecule has 0 radical (unpaired) electrons. The fourth-order valence-corrected chi connectivity index (χ4v) is 2.23. The fraction of sp³-hybridized carbons (Fsp3) is 0.500. The van der Waals surface area contributed by atoms with Crippen LogP contribution in [-0.2, 0) is 12.8 Å². The third-order valence-electron chi connectivity index (χ3n) is 3.31. The van der Waals surface area contributed by atoms with Crippen molar-refractivity contribution < 1.29 is 14.6 Å². The lowest BCUT2D eigenvalue weighted by atomic mass is 9.88. The molecular formula is C12H15FO2. The van der Waals surface area contributed by atoms with Gasteiger partial charge in [0.1, 0.15) is 0 Å². The molecule has 0 heterocycles. The summed E-state index contributed by atoms with van der Waals surface area (Å²) in [6.45, 7) is -1.22. The van der Waals surface area contributed by atoms with Crippen LogP contribution in [0.2, 0.25) is 0 Å². The Morgan fingerprint density at radius 3 is 2.00 bits per heavy atom. The molecule has 0 saturated carbocycles. The van der Waals surface area contributed by atoms with Crippen molar-refractivity contribution in [2.45, 2.75) is 18.5 Å². The van der Waals surface area contributed by atoms with Gasteiger partial charge in [0.15, 0.2) is 5.67 Å². The van der Waals surface area contributed by atoms with Crippen molar-refractivity contribution in [1.29, 1.82) is 0 Å². The molecule has 0 aliphatic heterocycles. The number of benzene rings is 1. The minimum absolute atomic E-state index is 0.301. The highest BCUT2D eigenvalue weighted by Crippen LogP contribution is 2.35. The second-order valence-corrected chi connectivity index (χ2v) is 4.22. The van der Waals surface area contributed by atoms with Crippen LogP contribution in [0.15, 0.2) is 24.3 Å². The summed E-state index contributed by atoms with van der Waals surface area (Å²) in [4.78, 5) is 0. The fourth-order valence-electron chi connectivity index (χ4n) is 2.23. The first-order valence-corrected chi connectivity index (χ1v) is 5.17. The van der Waals surface area contributed by atoms with Gasteiger partial charge in [-0.1, -0.05) is 24.3 Å². The van der Waals surface area contributed by atoms with Crippen LogP contribution < -0.4 is 0 Å². The summed E-state index contributed by atoms with van der Waals surface area (Å²) in [5.41, 5.74) is 0.414. The zero-order valence-corrected chi connectivity index (χ0v) is 8.49. The van der Waals surface area contributed by atoms with Crippen LogP contribution >= 0.6 is 0 Å². The quantitative estimate of drug-likeness (QED) is 0.784. The topological polar surface area (TPSA) is 40.5 Å². The molecule has 0 spiro atoms. The van der Waals surface area contributed by atoms with E-state index >= 15 is 0 Å². The van der Waals surface area contributed by atoms with Gasteiger partial charge in [0.2, 0.25) is 0 Å². The number of halogens is 1. The van der Waals surface area contributed by atoms with Gasteiger partial charge >= 0.3 is 0 Å². The van der Waals surface area contributed by atoms with Gasteiger partial charge in [0.05, 0.1) is 13.2 Å². The van der Waals surface area contributed by atoms with Crippen LogP contribution in [0.5, 0.6) is 0 Å². The molecule has 0 fully saturated rings. The number of alkyl halides is 1. The molecule has 1 aromatic carbocycles. The van der Waals surface area contributed by atoms with E-state index in [9.17, 15) is 4.39 Å². The van der Waals surface area contributed by atoms with Crippen molar-refractivity contribution in [3.63, 3.8) is 0 Å². The number of aliphatic hydroxyl groups excluding tert-OH is 2. The van der Waals surface area contributed by atoms with Gasteiger partial charge in [-0.2, -0.15) is 0 Å². The highest BCUT2D eigenvalue weighted by atomic mass is 19.1. The Labute approximate surface area is 88.4 Å². The minimum atomic E-state index is -1.85. The first-order chi connectivity index (χ1) is 7.19. The molecule has 2 rings (SSSR count). The number of hydrogen-bond donors (Lipinski definition) is 2. The van der Waals surface area contributed by atoms with Gasteiger partial charge in [-0.15, -0.1) is 0 Å². The molecular weight excluding hydrogens is 195 g/mol. The minimum Gasteiger partial charge on any atom is -0.393 e. The van der Waals surface area contributed by atoms with Crippen LogP contribution in [0.25, 0.3) is 0 Å². The van der Waals surface area contributed by atoms with E-state index in [-0.39, 0.29) is 5.92 Å². The number of aliphatic hydroxyl groups is 2. The molecule has 15 heavy (non-hydrogen) atoms. The molecule has 2 nitrogen and oxygen atoms in total. The first kappa shape index (κ1) is 10.6. The molecule has 1 aromatic rings. The van der Waals surface area contributed by atoms with Crippen molar-refractivity contribution in [3.05, 3.63) is 35.4 Å². The van der Waals surface area contributed by atoms with Crippen LogP contribution in [0.4, 0.5) is 4.39 Å². The second-order valence-electron chi connectivity index (χ2n) is 4.22. The molecule has 0 saturated heterocycles. The smallest absolute Gasteiger partial charge is 0.160 e. The van der Waals surface area contributed by atoms with Crippen molar-refractivity contribution in [2.75, 3.05) is 13.2 Å². The Kier molecular flexibility index (Phi) is 2.76. The van der Waals surface area contributed by atoms with Crippen LogP contribution in [0.3, 0.4) is 0 Å². The highest BCUT2D eigenvalue weighted by molar-refractivity contribution is 5.33. The van der Waals surface area contributed by atoms with E-state index in [0.29, 0.717) is 12.8 Å². The van der Waals surface area contributed by atoms with Crippen molar-refractivity contribution in [3.8, 4) is 0 Å². The van der Waals surface area contributed by atoms with Gasteiger partial charge < -0.3 is 10.2 Å². The molecule has 0 amide bonds. The van der Waals surface area contributed by atoms with Crippen molar-refractivity contribution in [1.82, 2.24) is 0 Å². The zero-order valence-electron chi connectivity index (χ0n) is 8.49. The summed E-state index contributed by atoms with van der Waals surface area (Å²) in [7, 11) is 0. The Hall–Kier alpha value is -0.930. The average Bonchev–Trinajstić information content (AvgIpc) is 2.72. The lowest BCUT2D eigenvalue weighted by Crippen LogP contribution is -2.41. The Bertz CT molecular complexity index is 322. The zero-order chi connectivity index (χ0) is 10.9. The van der Waals surface area contributed by atoms with Gasteiger partial charge in [-0.25, -0.2) is 4.39 Å². The monoisotopic (exact) mass is 210 g/mol. The van der Waals surface area contributed by atoms with Crippen LogP contribution in [0.1, 0.15) is 11.1 Å². The lowest BCUT2D eigenvalue weighted by Gasteiger charge is -2.27. The lowest BCUT2D eigenvalue weighted by molar-refractivity contribution is -0.0266. The van der Waals surface area contributed by atoms with Gasteiger partial charge in [-0.05, 0) is 24.0 Å². The van der Waals surface area contributed by atoms with Crippen LogP contribution in [-0.4, -0.2) is 29.1 Å². The third-order valence-corrected chi connectivity index (χ3v) is 3.31. The number of fused-ring (bicyclic) bond motifs is 1. The average molecular weight is 210 g/mol. The normalized spacial score (nSPS) is 16.7. The Balaban J connectivity index is 2.19. The molecule has 0 unspecified atom stereocenters. The standard InChI is InChI=1S/C12H15FO2/c13-12(7-14,8-15)11-5-9-3-1-2-4-10(9)6-11/h1-4,11,14-15H,5-8H2. The first-order valence-electron chi connectivity index (χ1n) is 5.17. The van der Waals surface area contributed by atoms with Crippen molar-refractivity contribution >= 4 is 0 Å². The molecule has 0 aromatic heterocycles. The molecule has 82 valence electrons. The summed E-state index contributed by atoms with van der Waals surface area (Å²) in [6.07, 6.45) is 1.21. The third kappa shape index (κ3) is 1.77. The Morgan fingerprint density at radius 2 is 1.60 bits per heavy atom. The molecule has 1 aliphatic carbocycles. The van der Waals surface area contributed by atoms with Gasteiger partial charge in [-0.3, -0.25) is 0 Å².